The number of nitrogens with zero attached hydrogens (tertiary/aromatic N) is 2. The third kappa shape index (κ3) is 4.48. The van der Waals surface area contributed by atoms with Gasteiger partial charge in [0.15, 0.2) is 5.60 Å². The van der Waals surface area contributed by atoms with Crippen LogP contribution in [0.2, 0.25) is 0 Å². The van der Waals surface area contributed by atoms with Crippen LogP contribution >= 0.6 is 0 Å². The molecular weight excluding hydrogens is 406 g/mol. The van der Waals surface area contributed by atoms with Gasteiger partial charge in [-0.25, -0.2) is 0 Å². The van der Waals surface area contributed by atoms with Crippen molar-refractivity contribution in [3.05, 3.63) is 84.2 Å². The molecule has 2 heterocycles. The van der Waals surface area contributed by atoms with Crippen molar-refractivity contribution < 1.29 is 19.1 Å². The van der Waals surface area contributed by atoms with Crippen LogP contribution < -0.4 is 10.5 Å². The van der Waals surface area contributed by atoms with E-state index in [2.05, 4.69) is 4.98 Å². The second-order valence-corrected chi connectivity index (χ2v) is 7.78. The van der Waals surface area contributed by atoms with Gasteiger partial charge in [0.05, 0.1) is 20.3 Å². The van der Waals surface area contributed by atoms with Crippen molar-refractivity contribution in [1.29, 1.82) is 0 Å². The van der Waals surface area contributed by atoms with Gasteiger partial charge in [-0.2, -0.15) is 0 Å². The van der Waals surface area contributed by atoms with E-state index in [0.29, 0.717) is 17.9 Å². The number of hydrogen-bond donors (Lipinski definition) is 1. The summed E-state index contributed by atoms with van der Waals surface area (Å²) in [6, 6.07) is 18.6. The van der Waals surface area contributed by atoms with Crippen LogP contribution in [0.3, 0.4) is 0 Å². The van der Waals surface area contributed by atoms with Crippen LogP contribution in [0.4, 0.5) is 0 Å². The molecule has 2 aromatic carbocycles. The van der Waals surface area contributed by atoms with Gasteiger partial charge < -0.3 is 20.1 Å². The number of pyridine rings is 1. The second-order valence-electron chi connectivity index (χ2n) is 7.78. The number of ether oxygens (including phenoxy) is 2. The Kier molecular flexibility index (Phi) is 6.18. The molecule has 1 aromatic heterocycles. The molecule has 2 N–H and O–H groups in total. The van der Waals surface area contributed by atoms with Crippen molar-refractivity contribution in [2.75, 3.05) is 26.8 Å². The summed E-state index contributed by atoms with van der Waals surface area (Å²) in [4.78, 5) is 31.5. The van der Waals surface area contributed by atoms with Crippen LogP contribution in [-0.4, -0.2) is 54.1 Å². The zero-order valence-electron chi connectivity index (χ0n) is 17.9. The number of carbonyl (C=O) groups excluding carboxylic acids is 2. The zero-order chi connectivity index (χ0) is 22.6. The fraction of sp³-hybridized carbons (Fsp3) is 0.240. The minimum Gasteiger partial charge on any atom is -0.497 e. The number of morpholine rings is 1. The van der Waals surface area contributed by atoms with E-state index in [-0.39, 0.29) is 25.5 Å². The number of carbonyl (C=O) groups is 2. The third-order valence-electron chi connectivity index (χ3n) is 5.65. The minimum atomic E-state index is -1.31. The molecule has 0 radical (unpaired) electrons. The molecule has 1 saturated heterocycles. The van der Waals surface area contributed by atoms with Crippen molar-refractivity contribution in [2.24, 2.45) is 5.73 Å². The molecule has 2 amide bonds. The standard InChI is InChI=1S/C25H25N3O4/c1-31-22-9-3-7-20(14-22)23(29)28-11-12-32-25(17-28,24(26)30)15-18-5-2-6-19(13-18)21-8-4-10-27-16-21/h2-10,13-14,16H,11-12,15,17H2,1H3,(H2,26,30). The third-order valence-corrected chi connectivity index (χ3v) is 5.65. The molecule has 0 spiro atoms. The number of methoxy groups -OCH3 is 1. The van der Waals surface area contributed by atoms with Gasteiger partial charge in [-0.1, -0.05) is 36.4 Å². The molecule has 0 bridgehead atoms. The van der Waals surface area contributed by atoms with E-state index >= 15 is 0 Å². The summed E-state index contributed by atoms with van der Waals surface area (Å²) in [5, 5.41) is 0. The molecule has 7 heteroatoms. The first-order valence-corrected chi connectivity index (χ1v) is 10.4. The van der Waals surface area contributed by atoms with Crippen LogP contribution in [0.1, 0.15) is 15.9 Å². The zero-order valence-corrected chi connectivity index (χ0v) is 17.9. The van der Waals surface area contributed by atoms with Crippen molar-refractivity contribution in [3.8, 4) is 16.9 Å². The number of amides is 2. The van der Waals surface area contributed by atoms with E-state index in [0.717, 1.165) is 16.7 Å². The summed E-state index contributed by atoms with van der Waals surface area (Å²) in [6.45, 7) is 0.678. The maximum absolute atomic E-state index is 13.1. The highest BCUT2D eigenvalue weighted by atomic mass is 16.5. The van der Waals surface area contributed by atoms with Crippen LogP contribution in [0, 0.1) is 0 Å². The van der Waals surface area contributed by atoms with E-state index in [1.165, 1.54) is 0 Å². The molecule has 1 atom stereocenters. The molecule has 32 heavy (non-hydrogen) atoms. The average molecular weight is 431 g/mol. The first kappa shape index (κ1) is 21.5. The molecule has 0 aliphatic carbocycles. The highest BCUT2D eigenvalue weighted by Crippen LogP contribution is 2.27. The molecule has 164 valence electrons. The number of nitrogens with two attached hydrogens (primary N) is 1. The summed E-state index contributed by atoms with van der Waals surface area (Å²) < 4.78 is 11.2. The number of rotatable bonds is 6. The Morgan fingerprint density at radius 2 is 1.94 bits per heavy atom. The van der Waals surface area contributed by atoms with Gasteiger partial charge >= 0.3 is 0 Å². The van der Waals surface area contributed by atoms with E-state index in [9.17, 15) is 9.59 Å². The predicted octanol–water partition coefficient (Wildman–Crippen LogP) is 2.70. The first-order valence-electron chi connectivity index (χ1n) is 10.4. The molecule has 4 rings (SSSR count). The normalized spacial score (nSPS) is 18.2. The summed E-state index contributed by atoms with van der Waals surface area (Å²) in [7, 11) is 1.55. The average Bonchev–Trinajstić information content (AvgIpc) is 2.84. The van der Waals surface area contributed by atoms with E-state index in [4.69, 9.17) is 15.2 Å². The Bertz CT molecular complexity index is 1120. The highest BCUT2D eigenvalue weighted by molar-refractivity contribution is 5.95. The van der Waals surface area contributed by atoms with Crippen molar-refractivity contribution in [1.82, 2.24) is 9.88 Å². The highest BCUT2D eigenvalue weighted by Gasteiger charge is 2.44. The molecule has 7 nitrogen and oxygen atoms in total. The number of primary amides is 1. The number of benzene rings is 2. The van der Waals surface area contributed by atoms with Crippen LogP contribution in [-0.2, 0) is 16.0 Å². The molecular formula is C25H25N3O4. The van der Waals surface area contributed by atoms with Gasteiger partial charge in [-0.3, -0.25) is 14.6 Å². The fourth-order valence-electron chi connectivity index (χ4n) is 3.96. The lowest BCUT2D eigenvalue weighted by atomic mass is 9.90. The second kappa shape index (κ2) is 9.20. The maximum Gasteiger partial charge on any atom is 0.254 e. The van der Waals surface area contributed by atoms with Gasteiger partial charge in [-0.15, -0.1) is 0 Å². The molecule has 0 saturated carbocycles. The molecule has 1 aliphatic heterocycles. The van der Waals surface area contributed by atoms with Crippen molar-refractivity contribution in [2.45, 2.75) is 12.0 Å². The van der Waals surface area contributed by atoms with Gasteiger partial charge in [-0.05, 0) is 41.0 Å². The van der Waals surface area contributed by atoms with Gasteiger partial charge in [0.25, 0.3) is 11.8 Å². The van der Waals surface area contributed by atoms with E-state index < -0.39 is 11.5 Å². The summed E-state index contributed by atoms with van der Waals surface area (Å²) in [6.07, 6.45) is 3.77. The Labute approximate surface area is 186 Å². The smallest absolute Gasteiger partial charge is 0.254 e. The molecule has 1 aliphatic rings. The molecule has 1 fully saturated rings. The Hall–Kier alpha value is -3.71. The summed E-state index contributed by atoms with van der Waals surface area (Å²) in [5.41, 5.74) is 7.84. The molecule has 3 aromatic rings. The topological polar surface area (TPSA) is 94.8 Å². The van der Waals surface area contributed by atoms with E-state index in [1.54, 1.807) is 48.7 Å². The lowest BCUT2D eigenvalue weighted by Crippen LogP contribution is -2.61. The Balaban J connectivity index is 1.58. The lowest BCUT2D eigenvalue weighted by molar-refractivity contribution is -0.153. The molecule has 1 unspecified atom stereocenters. The Morgan fingerprint density at radius 3 is 2.69 bits per heavy atom. The fourth-order valence-corrected chi connectivity index (χ4v) is 3.96. The first-order chi connectivity index (χ1) is 15.5. The summed E-state index contributed by atoms with van der Waals surface area (Å²) in [5.74, 6) is -0.188. The largest absolute Gasteiger partial charge is 0.497 e. The monoisotopic (exact) mass is 431 g/mol. The van der Waals surface area contributed by atoms with Gasteiger partial charge in [0.2, 0.25) is 0 Å². The van der Waals surface area contributed by atoms with Gasteiger partial charge in [0.1, 0.15) is 5.75 Å². The lowest BCUT2D eigenvalue weighted by Gasteiger charge is -2.40. The quantitative estimate of drug-likeness (QED) is 0.648. The van der Waals surface area contributed by atoms with Crippen LogP contribution in [0.25, 0.3) is 11.1 Å². The predicted molar refractivity (Wildman–Crippen MR) is 120 cm³/mol. The van der Waals surface area contributed by atoms with Crippen molar-refractivity contribution >= 4 is 11.8 Å². The van der Waals surface area contributed by atoms with Crippen LogP contribution in [0.5, 0.6) is 5.75 Å². The number of hydrogen-bond acceptors (Lipinski definition) is 5. The van der Waals surface area contributed by atoms with Crippen molar-refractivity contribution in [3.63, 3.8) is 0 Å². The Morgan fingerprint density at radius 1 is 1.12 bits per heavy atom. The summed E-state index contributed by atoms with van der Waals surface area (Å²) >= 11 is 0. The van der Waals surface area contributed by atoms with Crippen LogP contribution in [0.15, 0.2) is 73.1 Å². The number of aromatic nitrogens is 1. The van der Waals surface area contributed by atoms with Gasteiger partial charge in [0, 0.05) is 30.9 Å². The maximum atomic E-state index is 13.1. The minimum absolute atomic E-state index is 0.0789. The SMILES string of the molecule is COc1cccc(C(=O)N2CCOC(Cc3cccc(-c4cccnc4)c3)(C(N)=O)C2)c1. The van der Waals surface area contributed by atoms with E-state index in [1.807, 2.05) is 36.4 Å².